The largest absolute Gasteiger partial charge is 0.444 e. The third kappa shape index (κ3) is 5.80. The summed E-state index contributed by atoms with van der Waals surface area (Å²) in [6, 6.07) is 10.5. The molecule has 0 saturated carbocycles. The molecule has 3 rings (SSSR count). The van der Waals surface area contributed by atoms with Crippen LogP contribution in [-0.4, -0.2) is 36.0 Å². The van der Waals surface area contributed by atoms with Crippen LogP contribution in [0.4, 0.5) is 13.6 Å². The molecule has 6 nitrogen and oxygen atoms in total. The zero-order valence-electron chi connectivity index (χ0n) is 18.5. The SMILES string of the molecule is CN(Cc1cc(-c2ccccc2F)n(S(=O)(=O)c2cc(F)cc(Br)c2)c1)C(=O)OC(C)(C)C. The van der Waals surface area contributed by atoms with Gasteiger partial charge in [-0.3, -0.25) is 0 Å². The van der Waals surface area contributed by atoms with Gasteiger partial charge in [-0.05, 0) is 62.7 Å². The minimum atomic E-state index is -4.30. The Balaban J connectivity index is 2.10. The number of aromatic nitrogens is 1. The van der Waals surface area contributed by atoms with Gasteiger partial charge in [0.1, 0.15) is 17.2 Å². The van der Waals surface area contributed by atoms with Gasteiger partial charge in [-0.2, -0.15) is 0 Å². The minimum Gasteiger partial charge on any atom is -0.444 e. The molecule has 10 heteroatoms. The molecule has 0 radical (unpaired) electrons. The summed E-state index contributed by atoms with van der Waals surface area (Å²) in [4.78, 5) is 13.3. The van der Waals surface area contributed by atoms with Crippen molar-refractivity contribution in [2.24, 2.45) is 0 Å². The Morgan fingerprint density at radius 3 is 2.39 bits per heavy atom. The van der Waals surface area contributed by atoms with E-state index in [1.54, 1.807) is 26.8 Å². The second-order valence-electron chi connectivity index (χ2n) is 8.46. The van der Waals surface area contributed by atoms with E-state index in [2.05, 4.69) is 15.9 Å². The second kappa shape index (κ2) is 9.26. The van der Waals surface area contributed by atoms with Crippen LogP contribution in [0, 0.1) is 11.6 Å². The van der Waals surface area contributed by atoms with E-state index in [1.807, 2.05) is 0 Å². The molecule has 3 aromatic rings. The van der Waals surface area contributed by atoms with Gasteiger partial charge >= 0.3 is 6.09 Å². The Morgan fingerprint density at radius 1 is 1.12 bits per heavy atom. The summed E-state index contributed by atoms with van der Waals surface area (Å²) in [5, 5.41) is 0. The molecule has 0 aliphatic heterocycles. The average molecular weight is 541 g/mol. The first-order valence-corrected chi connectivity index (χ1v) is 12.1. The lowest BCUT2D eigenvalue weighted by Crippen LogP contribution is -2.33. The lowest BCUT2D eigenvalue weighted by Gasteiger charge is -2.24. The van der Waals surface area contributed by atoms with Crippen LogP contribution >= 0.6 is 15.9 Å². The highest BCUT2D eigenvalue weighted by Gasteiger charge is 2.26. The maximum absolute atomic E-state index is 14.6. The summed E-state index contributed by atoms with van der Waals surface area (Å²) in [6.45, 7) is 5.20. The molecular formula is C23H23BrF2N2O4S. The third-order valence-electron chi connectivity index (χ3n) is 4.51. The van der Waals surface area contributed by atoms with E-state index >= 15 is 0 Å². The molecule has 1 heterocycles. The zero-order valence-corrected chi connectivity index (χ0v) is 20.9. The number of carbonyl (C=O) groups excluding carboxylic acids is 1. The minimum absolute atomic E-state index is 0.00569. The average Bonchev–Trinajstić information content (AvgIpc) is 3.10. The van der Waals surface area contributed by atoms with Crippen LogP contribution in [-0.2, 0) is 21.3 Å². The molecule has 0 fully saturated rings. The van der Waals surface area contributed by atoms with Gasteiger partial charge < -0.3 is 9.64 Å². The third-order valence-corrected chi connectivity index (χ3v) is 6.62. The molecule has 0 saturated heterocycles. The van der Waals surface area contributed by atoms with Crippen LogP contribution in [0.2, 0.25) is 0 Å². The van der Waals surface area contributed by atoms with Crippen LogP contribution in [0.3, 0.4) is 0 Å². The summed E-state index contributed by atoms with van der Waals surface area (Å²) in [6.07, 6.45) is 0.691. The lowest BCUT2D eigenvalue weighted by molar-refractivity contribution is 0.0285. The Morgan fingerprint density at radius 2 is 1.79 bits per heavy atom. The summed E-state index contributed by atoms with van der Waals surface area (Å²) < 4.78 is 61.8. The maximum atomic E-state index is 14.6. The van der Waals surface area contributed by atoms with Crippen molar-refractivity contribution in [2.75, 3.05) is 7.05 Å². The first kappa shape index (κ1) is 24.9. The number of hydrogen-bond acceptors (Lipinski definition) is 4. The monoisotopic (exact) mass is 540 g/mol. The summed E-state index contributed by atoms with van der Waals surface area (Å²) in [5.74, 6) is -1.37. The Labute approximate surface area is 200 Å². The number of amides is 1. The normalized spacial score (nSPS) is 12.0. The van der Waals surface area contributed by atoms with Gasteiger partial charge in [0.2, 0.25) is 0 Å². The summed E-state index contributed by atoms with van der Waals surface area (Å²) in [5.41, 5.74) is -0.201. The molecule has 0 atom stereocenters. The fourth-order valence-electron chi connectivity index (χ4n) is 3.12. The van der Waals surface area contributed by atoms with E-state index in [9.17, 15) is 22.0 Å². The molecule has 0 spiro atoms. The highest BCUT2D eigenvalue weighted by atomic mass is 79.9. The first-order valence-electron chi connectivity index (χ1n) is 9.90. The van der Waals surface area contributed by atoms with E-state index < -0.39 is 33.4 Å². The zero-order chi connectivity index (χ0) is 24.6. The quantitative estimate of drug-likeness (QED) is 0.410. The molecule has 0 bridgehead atoms. The van der Waals surface area contributed by atoms with Gasteiger partial charge in [-0.25, -0.2) is 26.0 Å². The predicted octanol–water partition coefficient (Wildman–Crippen LogP) is 5.80. The highest BCUT2D eigenvalue weighted by molar-refractivity contribution is 9.10. The highest BCUT2D eigenvalue weighted by Crippen LogP contribution is 2.30. The fourth-order valence-corrected chi connectivity index (χ4v) is 5.18. The van der Waals surface area contributed by atoms with Crippen LogP contribution in [0.1, 0.15) is 26.3 Å². The van der Waals surface area contributed by atoms with Crippen molar-refractivity contribution >= 4 is 32.0 Å². The van der Waals surface area contributed by atoms with Gasteiger partial charge in [0.25, 0.3) is 10.0 Å². The number of ether oxygens (including phenoxy) is 1. The fraction of sp³-hybridized carbons (Fsp3) is 0.261. The van der Waals surface area contributed by atoms with Crippen molar-refractivity contribution < 1.29 is 26.7 Å². The van der Waals surface area contributed by atoms with Crippen LogP contribution in [0.25, 0.3) is 11.3 Å². The number of nitrogens with zero attached hydrogens (tertiary/aromatic N) is 2. The van der Waals surface area contributed by atoms with Gasteiger partial charge in [-0.15, -0.1) is 0 Å². The van der Waals surface area contributed by atoms with Crippen LogP contribution in [0.15, 0.2) is 64.1 Å². The van der Waals surface area contributed by atoms with Crippen molar-refractivity contribution in [3.63, 3.8) is 0 Å². The molecule has 33 heavy (non-hydrogen) atoms. The molecule has 0 unspecified atom stereocenters. The van der Waals surface area contributed by atoms with E-state index in [4.69, 9.17) is 4.74 Å². The molecule has 1 amide bonds. The van der Waals surface area contributed by atoms with E-state index in [0.29, 0.717) is 5.56 Å². The molecule has 0 N–H and O–H groups in total. The standard InChI is InChI=1S/C23H23BrF2N2O4S/c1-23(2,3)32-22(29)27(4)13-15-9-21(19-7-5-6-8-20(19)26)28(14-15)33(30,31)18-11-16(24)10-17(25)12-18/h5-12,14H,13H2,1-4H3. The summed E-state index contributed by atoms with van der Waals surface area (Å²) >= 11 is 3.10. The van der Waals surface area contributed by atoms with E-state index in [0.717, 1.165) is 16.1 Å². The Bertz CT molecular complexity index is 1280. The predicted molar refractivity (Wildman–Crippen MR) is 124 cm³/mol. The lowest BCUT2D eigenvalue weighted by atomic mass is 10.1. The van der Waals surface area contributed by atoms with Crippen LogP contribution < -0.4 is 0 Å². The summed E-state index contributed by atoms with van der Waals surface area (Å²) in [7, 11) is -2.79. The Hall–Kier alpha value is -2.72. The molecule has 1 aromatic heterocycles. The van der Waals surface area contributed by atoms with Gasteiger partial charge in [0.15, 0.2) is 0 Å². The second-order valence-corrected chi connectivity index (χ2v) is 11.2. The van der Waals surface area contributed by atoms with Crippen molar-refractivity contribution in [3.05, 3.63) is 76.4 Å². The van der Waals surface area contributed by atoms with Crippen molar-refractivity contribution in [2.45, 2.75) is 37.8 Å². The number of halogens is 3. The number of benzene rings is 2. The Kier molecular flexibility index (Phi) is 6.99. The molecule has 176 valence electrons. The van der Waals surface area contributed by atoms with Gasteiger partial charge in [0.05, 0.1) is 17.1 Å². The molecule has 0 aliphatic rings. The topological polar surface area (TPSA) is 68.6 Å². The number of carbonyl (C=O) groups is 1. The van der Waals surface area contributed by atoms with E-state index in [1.165, 1.54) is 48.5 Å². The maximum Gasteiger partial charge on any atom is 0.410 e. The molecule has 0 aliphatic carbocycles. The van der Waals surface area contributed by atoms with Gasteiger partial charge in [0, 0.05) is 23.3 Å². The number of hydrogen-bond donors (Lipinski definition) is 0. The van der Waals surface area contributed by atoms with Crippen molar-refractivity contribution in [3.8, 4) is 11.3 Å². The molecular weight excluding hydrogens is 518 g/mol. The van der Waals surface area contributed by atoms with E-state index in [-0.39, 0.29) is 27.2 Å². The van der Waals surface area contributed by atoms with Gasteiger partial charge in [-0.1, -0.05) is 28.1 Å². The number of rotatable bonds is 5. The molecule has 2 aromatic carbocycles. The van der Waals surface area contributed by atoms with Crippen molar-refractivity contribution in [1.82, 2.24) is 8.87 Å². The smallest absolute Gasteiger partial charge is 0.410 e. The van der Waals surface area contributed by atoms with Crippen LogP contribution in [0.5, 0.6) is 0 Å². The first-order chi connectivity index (χ1) is 15.3. The van der Waals surface area contributed by atoms with Crippen molar-refractivity contribution in [1.29, 1.82) is 0 Å².